The van der Waals surface area contributed by atoms with Gasteiger partial charge in [0.05, 0.1) is 5.92 Å². The van der Waals surface area contributed by atoms with Gasteiger partial charge in [0.25, 0.3) is 0 Å². The van der Waals surface area contributed by atoms with Crippen LogP contribution in [0.2, 0.25) is 10.0 Å². The molecule has 0 saturated carbocycles. The van der Waals surface area contributed by atoms with E-state index in [0.717, 1.165) is 5.69 Å². The van der Waals surface area contributed by atoms with Gasteiger partial charge in [-0.05, 0) is 48.5 Å². The quantitative estimate of drug-likeness (QED) is 0.585. The second-order valence-electron chi connectivity index (χ2n) is 6.61. The first-order valence-electron chi connectivity index (χ1n) is 9.05. The number of ether oxygens (including phenoxy) is 1. The molecule has 0 bridgehead atoms. The van der Waals surface area contributed by atoms with E-state index in [2.05, 4.69) is 15.5 Å². The molecule has 0 spiro atoms. The monoisotopic (exact) mass is 462 g/mol. The third kappa shape index (κ3) is 4.89. The number of hydrogen-bond donors (Lipinski definition) is 1. The Hall–Kier alpha value is -2.68. The third-order valence-electron chi connectivity index (χ3n) is 4.51. The molecule has 1 saturated heterocycles. The molecule has 4 rings (SSSR count). The second-order valence-corrected chi connectivity index (χ2v) is 8.55. The maximum absolute atomic E-state index is 12.6. The topological polar surface area (TPSA) is 84.4 Å². The number of carbonyl (C=O) groups excluding carboxylic acids is 2. The van der Waals surface area contributed by atoms with Crippen molar-refractivity contribution in [3.63, 3.8) is 0 Å². The van der Waals surface area contributed by atoms with Gasteiger partial charge >= 0.3 is 0 Å². The Morgan fingerprint density at radius 1 is 1.10 bits per heavy atom. The van der Waals surface area contributed by atoms with Crippen molar-refractivity contribution in [2.45, 2.75) is 13.0 Å². The third-order valence-corrected chi connectivity index (χ3v) is 5.82. The number of aromatic nitrogens is 2. The average Bonchev–Trinajstić information content (AvgIpc) is 3.35. The Bertz CT molecular complexity index is 1060. The number of amides is 2. The molecule has 30 heavy (non-hydrogen) atoms. The summed E-state index contributed by atoms with van der Waals surface area (Å²) in [7, 11) is 0. The highest BCUT2D eigenvalue weighted by atomic mass is 35.5. The zero-order valence-corrected chi connectivity index (χ0v) is 17.9. The van der Waals surface area contributed by atoms with Crippen LogP contribution in [0.1, 0.15) is 11.4 Å². The first kappa shape index (κ1) is 20.6. The van der Waals surface area contributed by atoms with Crippen LogP contribution in [0.3, 0.4) is 0 Å². The highest BCUT2D eigenvalue weighted by Crippen LogP contribution is 2.28. The number of nitrogens with one attached hydrogen (secondary N) is 1. The second kappa shape index (κ2) is 8.99. The fourth-order valence-corrected chi connectivity index (χ4v) is 3.91. The van der Waals surface area contributed by atoms with E-state index in [0.29, 0.717) is 32.5 Å². The van der Waals surface area contributed by atoms with Crippen LogP contribution in [0.4, 0.5) is 10.8 Å². The zero-order chi connectivity index (χ0) is 21.1. The van der Waals surface area contributed by atoms with Crippen LogP contribution in [0.25, 0.3) is 0 Å². The summed E-state index contributed by atoms with van der Waals surface area (Å²) in [5.41, 5.74) is 0.720. The number of nitrogens with zero attached hydrogens (tertiary/aromatic N) is 3. The molecule has 1 aliphatic heterocycles. The average molecular weight is 463 g/mol. The molecule has 7 nitrogen and oxygen atoms in total. The molecule has 10 heteroatoms. The summed E-state index contributed by atoms with van der Waals surface area (Å²) in [6.45, 7) is 0.527. The summed E-state index contributed by atoms with van der Waals surface area (Å²) in [6.07, 6.45) is 0.139. The van der Waals surface area contributed by atoms with Gasteiger partial charge in [0, 0.05) is 28.7 Å². The zero-order valence-electron chi connectivity index (χ0n) is 15.5. The molecule has 1 fully saturated rings. The van der Waals surface area contributed by atoms with Crippen LogP contribution in [-0.2, 0) is 16.2 Å². The van der Waals surface area contributed by atoms with Crippen LogP contribution in [-0.4, -0.2) is 28.6 Å². The summed E-state index contributed by atoms with van der Waals surface area (Å²) < 4.78 is 5.63. The summed E-state index contributed by atoms with van der Waals surface area (Å²) in [5.74, 6) is -0.175. The van der Waals surface area contributed by atoms with Crippen molar-refractivity contribution >= 4 is 57.2 Å². The van der Waals surface area contributed by atoms with E-state index in [4.69, 9.17) is 27.9 Å². The first-order valence-corrected chi connectivity index (χ1v) is 10.6. The number of anilines is 2. The fourth-order valence-electron chi connectivity index (χ4n) is 3.00. The van der Waals surface area contributed by atoms with Gasteiger partial charge in [-0.2, -0.15) is 0 Å². The van der Waals surface area contributed by atoms with E-state index in [1.807, 2.05) is 0 Å². The molecule has 154 valence electrons. The lowest BCUT2D eigenvalue weighted by atomic mass is 10.1. The molecule has 2 heterocycles. The first-order chi connectivity index (χ1) is 14.5. The van der Waals surface area contributed by atoms with Crippen molar-refractivity contribution in [1.29, 1.82) is 0 Å². The number of benzene rings is 2. The van der Waals surface area contributed by atoms with Gasteiger partial charge in [-0.25, -0.2) is 0 Å². The van der Waals surface area contributed by atoms with E-state index in [-0.39, 0.29) is 24.8 Å². The number of rotatable bonds is 6. The van der Waals surface area contributed by atoms with Gasteiger partial charge < -0.3 is 15.0 Å². The fraction of sp³-hybridized carbons (Fsp3) is 0.200. The maximum atomic E-state index is 12.6. The molecule has 0 aliphatic carbocycles. The van der Waals surface area contributed by atoms with Gasteiger partial charge in [0.2, 0.25) is 16.9 Å². The lowest BCUT2D eigenvalue weighted by molar-refractivity contribution is -0.122. The Balaban J connectivity index is 1.32. The lowest BCUT2D eigenvalue weighted by Gasteiger charge is -2.16. The van der Waals surface area contributed by atoms with E-state index >= 15 is 0 Å². The van der Waals surface area contributed by atoms with Crippen LogP contribution in [0.15, 0.2) is 48.5 Å². The SMILES string of the molecule is O=C(Nc1nnc(COc2ccc(Cl)cc2)s1)C1CC(=O)N(c2ccc(Cl)cc2)C1. The Kier molecular flexibility index (Phi) is 6.17. The van der Waals surface area contributed by atoms with Crippen molar-refractivity contribution in [3.8, 4) is 5.75 Å². The van der Waals surface area contributed by atoms with Gasteiger partial charge in [-0.15, -0.1) is 10.2 Å². The highest BCUT2D eigenvalue weighted by molar-refractivity contribution is 7.15. The van der Waals surface area contributed by atoms with Crippen molar-refractivity contribution in [2.24, 2.45) is 5.92 Å². The minimum atomic E-state index is -0.467. The molecule has 1 aromatic heterocycles. The normalized spacial score (nSPS) is 16.0. The molecule has 1 unspecified atom stereocenters. The molecular weight excluding hydrogens is 447 g/mol. The molecule has 1 atom stereocenters. The lowest BCUT2D eigenvalue weighted by Crippen LogP contribution is -2.28. The summed E-state index contributed by atoms with van der Waals surface area (Å²) in [5, 5.41) is 13.0. The summed E-state index contributed by atoms with van der Waals surface area (Å²) in [6, 6.07) is 13.9. The number of halogens is 2. The molecule has 0 radical (unpaired) electrons. The van der Waals surface area contributed by atoms with Crippen LogP contribution in [0, 0.1) is 5.92 Å². The molecular formula is C20H16Cl2N4O3S. The molecule has 2 amide bonds. The predicted molar refractivity (Wildman–Crippen MR) is 116 cm³/mol. The van der Waals surface area contributed by atoms with Gasteiger partial charge in [-0.1, -0.05) is 34.5 Å². The van der Waals surface area contributed by atoms with Crippen molar-refractivity contribution in [1.82, 2.24) is 10.2 Å². The molecule has 3 aromatic rings. The summed E-state index contributed by atoms with van der Waals surface area (Å²) >= 11 is 13.0. The van der Waals surface area contributed by atoms with Gasteiger partial charge in [0.1, 0.15) is 12.4 Å². The number of hydrogen-bond acceptors (Lipinski definition) is 6. The molecule has 1 N–H and O–H groups in total. The van der Waals surface area contributed by atoms with E-state index in [1.165, 1.54) is 11.3 Å². The smallest absolute Gasteiger partial charge is 0.231 e. The Morgan fingerprint density at radius 2 is 1.77 bits per heavy atom. The predicted octanol–water partition coefficient (Wildman–Crippen LogP) is 4.42. The minimum absolute atomic E-state index is 0.105. The van der Waals surface area contributed by atoms with Gasteiger partial charge in [-0.3, -0.25) is 9.59 Å². The maximum Gasteiger partial charge on any atom is 0.231 e. The molecule has 2 aromatic carbocycles. The Labute approximate surface area is 186 Å². The van der Waals surface area contributed by atoms with E-state index < -0.39 is 5.92 Å². The van der Waals surface area contributed by atoms with Gasteiger partial charge in [0.15, 0.2) is 5.01 Å². The molecule has 1 aliphatic rings. The van der Waals surface area contributed by atoms with Crippen LogP contribution in [0.5, 0.6) is 5.75 Å². The largest absolute Gasteiger partial charge is 0.486 e. The summed E-state index contributed by atoms with van der Waals surface area (Å²) in [4.78, 5) is 26.5. The minimum Gasteiger partial charge on any atom is -0.486 e. The van der Waals surface area contributed by atoms with Crippen molar-refractivity contribution < 1.29 is 14.3 Å². The van der Waals surface area contributed by atoms with Crippen molar-refractivity contribution in [2.75, 3.05) is 16.8 Å². The standard InChI is InChI=1S/C20H16Cl2N4O3S/c21-13-1-5-15(6-2-13)26-10-12(9-18(26)27)19(28)23-20-25-24-17(30-20)11-29-16-7-3-14(22)4-8-16/h1-8,12H,9-11H2,(H,23,25,28). The van der Waals surface area contributed by atoms with Crippen LogP contribution >= 0.6 is 34.5 Å². The number of carbonyl (C=O) groups is 2. The van der Waals surface area contributed by atoms with Crippen molar-refractivity contribution in [3.05, 3.63) is 63.6 Å². The van der Waals surface area contributed by atoms with E-state index in [1.54, 1.807) is 53.4 Å². The van der Waals surface area contributed by atoms with E-state index in [9.17, 15) is 9.59 Å². The van der Waals surface area contributed by atoms with Crippen LogP contribution < -0.4 is 15.0 Å². The highest BCUT2D eigenvalue weighted by Gasteiger charge is 2.35. The Morgan fingerprint density at radius 3 is 2.47 bits per heavy atom.